The Morgan fingerprint density at radius 3 is 2.73 bits per heavy atom. The second kappa shape index (κ2) is 8.09. The van der Waals surface area contributed by atoms with Crippen LogP contribution in [-0.4, -0.2) is 10.8 Å². The van der Waals surface area contributed by atoms with Crippen LogP contribution < -0.4 is 5.32 Å². The van der Waals surface area contributed by atoms with E-state index in [9.17, 15) is 10.1 Å². The lowest BCUT2D eigenvalue weighted by Gasteiger charge is -2.03. The predicted octanol–water partition coefficient (Wildman–Crippen LogP) is 5.75. The number of aromatic nitrogens is 1. The fourth-order valence-corrected chi connectivity index (χ4v) is 3.33. The van der Waals surface area contributed by atoms with Crippen LogP contribution in [0.2, 0.25) is 0 Å². The molecule has 0 fully saturated rings. The molecule has 0 aliphatic carbocycles. The minimum Gasteiger partial charge on any atom is -0.360 e. The Balaban J connectivity index is 1.82. The minimum absolute atomic E-state index is 0.00259. The van der Waals surface area contributed by atoms with E-state index >= 15 is 0 Å². The molecule has 0 saturated heterocycles. The number of thiazole rings is 1. The number of benzene rings is 2. The zero-order valence-corrected chi connectivity index (χ0v) is 16.3. The van der Waals surface area contributed by atoms with Crippen LogP contribution in [0.4, 0.5) is 5.69 Å². The zero-order valence-electron chi connectivity index (χ0n) is 13.9. The first-order chi connectivity index (χ1) is 12.6. The highest BCUT2D eigenvalue weighted by Crippen LogP contribution is 2.27. The molecule has 0 aliphatic heterocycles. The molecule has 3 rings (SSSR count). The molecule has 4 nitrogen and oxygen atoms in total. The number of ketones is 1. The number of halogens is 1. The first-order valence-corrected chi connectivity index (χ1v) is 9.44. The minimum atomic E-state index is -0.00259. The standard InChI is InChI=1S/C20H14BrN3OS/c1-13(25)15-3-2-4-18(9-15)23-11-16(10-22)20-24-19(12-26-20)14-5-7-17(21)8-6-14/h2-9,11-12,23H,1H3/b16-11+. The van der Waals surface area contributed by atoms with Crippen molar-refractivity contribution in [2.75, 3.05) is 5.32 Å². The Bertz CT molecular complexity index is 1020. The summed E-state index contributed by atoms with van der Waals surface area (Å²) in [4.78, 5) is 16.0. The maximum absolute atomic E-state index is 11.5. The fraction of sp³-hybridized carbons (Fsp3) is 0.0500. The smallest absolute Gasteiger partial charge is 0.159 e. The molecule has 3 aromatic rings. The molecule has 0 unspecified atom stereocenters. The average Bonchev–Trinajstić information content (AvgIpc) is 3.13. The average molecular weight is 424 g/mol. The second-order valence-electron chi connectivity index (χ2n) is 5.50. The monoisotopic (exact) mass is 423 g/mol. The SMILES string of the molecule is CC(=O)c1cccc(N/C=C(\C#N)c2nc(-c3ccc(Br)cc3)cs2)c1. The van der Waals surface area contributed by atoms with Crippen molar-refractivity contribution in [3.63, 3.8) is 0 Å². The van der Waals surface area contributed by atoms with Crippen LogP contribution in [0, 0.1) is 11.3 Å². The number of hydrogen-bond donors (Lipinski definition) is 1. The van der Waals surface area contributed by atoms with Gasteiger partial charge >= 0.3 is 0 Å². The third-order valence-electron chi connectivity index (χ3n) is 3.65. The van der Waals surface area contributed by atoms with E-state index < -0.39 is 0 Å². The lowest BCUT2D eigenvalue weighted by Crippen LogP contribution is -1.95. The summed E-state index contributed by atoms with van der Waals surface area (Å²) in [5.74, 6) is -0.00259. The normalized spacial score (nSPS) is 11.0. The largest absolute Gasteiger partial charge is 0.360 e. The van der Waals surface area contributed by atoms with Crippen molar-refractivity contribution < 1.29 is 4.79 Å². The molecular formula is C20H14BrN3OS. The predicted molar refractivity (Wildman–Crippen MR) is 109 cm³/mol. The van der Waals surface area contributed by atoms with E-state index in [0.717, 1.165) is 21.4 Å². The van der Waals surface area contributed by atoms with E-state index in [2.05, 4.69) is 32.3 Å². The molecule has 1 N–H and O–H groups in total. The number of nitrogens with zero attached hydrogens (tertiary/aromatic N) is 2. The van der Waals surface area contributed by atoms with E-state index in [4.69, 9.17) is 0 Å². The topological polar surface area (TPSA) is 65.8 Å². The van der Waals surface area contributed by atoms with Crippen molar-refractivity contribution in [2.24, 2.45) is 0 Å². The number of nitrogens with one attached hydrogen (secondary N) is 1. The maximum Gasteiger partial charge on any atom is 0.159 e. The lowest BCUT2D eigenvalue weighted by atomic mass is 10.1. The molecule has 6 heteroatoms. The van der Waals surface area contributed by atoms with Crippen molar-refractivity contribution in [3.8, 4) is 17.3 Å². The molecule has 0 radical (unpaired) electrons. The van der Waals surface area contributed by atoms with E-state index in [1.54, 1.807) is 24.4 Å². The summed E-state index contributed by atoms with van der Waals surface area (Å²) in [6, 6.07) is 17.2. The highest BCUT2D eigenvalue weighted by Gasteiger charge is 2.09. The highest BCUT2D eigenvalue weighted by atomic mass is 79.9. The molecule has 26 heavy (non-hydrogen) atoms. The van der Waals surface area contributed by atoms with Gasteiger partial charge in [0.25, 0.3) is 0 Å². The highest BCUT2D eigenvalue weighted by molar-refractivity contribution is 9.10. The van der Waals surface area contributed by atoms with Crippen molar-refractivity contribution in [2.45, 2.75) is 6.92 Å². The van der Waals surface area contributed by atoms with Crippen LogP contribution in [-0.2, 0) is 0 Å². The number of carbonyl (C=O) groups excluding carboxylic acids is 1. The summed E-state index contributed by atoms with van der Waals surface area (Å²) in [5.41, 5.74) is 3.63. The van der Waals surface area contributed by atoms with Gasteiger partial charge < -0.3 is 5.32 Å². The molecule has 0 spiro atoms. The van der Waals surface area contributed by atoms with Crippen LogP contribution in [0.3, 0.4) is 0 Å². The van der Waals surface area contributed by atoms with Crippen molar-refractivity contribution >= 4 is 44.3 Å². The summed E-state index contributed by atoms with van der Waals surface area (Å²) < 4.78 is 1.01. The molecule has 0 amide bonds. The zero-order chi connectivity index (χ0) is 18.5. The third kappa shape index (κ3) is 4.26. The van der Waals surface area contributed by atoms with Gasteiger partial charge in [0.15, 0.2) is 5.78 Å². The number of Topliss-reactive ketones (excluding diaryl/α,β-unsaturated/α-hetero) is 1. The van der Waals surface area contributed by atoms with Gasteiger partial charge in [-0.15, -0.1) is 11.3 Å². The van der Waals surface area contributed by atoms with Crippen LogP contribution in [0.15, 0.2) is 64.6 Å². The van der Waals surface area contributed by atoms with E-state index in [-0.39, 0.29) is 5.78 Å². The number of hydrogen-bond acceptors (Lipinski definition) is 5. The number of anilines is 1. The van der Waals surface area contributed by atoms with Gasteiger partial charge in [0.05, 0.1) is 5.69 Å². The van der Waals surface area contributed by atoms with Gasteiger partial charge in [0, 0.05) is 32.9 Å². The van der Waals surface area contributed by atoms with Gasteiger partial charge in [-0.05, 0) is 31.2 Å². The first-order valence-electron chi connectivity index (χ1n) is 7.76. The summed E-state index contributed by atoms with van der Waals surface area (Å²) in [7, 11) is 0. The molecule has 1 heterocycles. The third-order valence-corrected chi connectivity index (χ3v) is 5.05. The number of carbonyl (C=O) groups is 1. The van der Waals surface area contributed by atoms with Crippen molar-refractivity contribution in [1.82, 2.24) is 4.98 Å². The fourth-order valence-electron chi connectivity index (χ4n) is 2.28. The Labute approximate surface area is 164 Å². The summed E-state index contributed by atoms with van der Waals surface area (Å²) in [6.45, 7) is 1.52. The van der Waals surface area contributed by atoms with Crippen LogP contribution >= 0.6 is 27.3 Å². The Morgan fingerprint density at radius 2 is 2.04 bits per heavy atom. The van der Waals surface area contributed by atoms with E-state index in [1.165, 1.54) is 18.3 Å². The van der Waals surface area contributed by atoms with Crippen molar-refractivity contribution in [3.05, 3.63) is 75.2 Å². The second-order valence-corrected chi connectivity index (χ2v) is 7.27. The van der Waals surface area contributed by atoms with Gasteiger partial charge in [-0.3, -0.25) is 4.79 Å². The van der Waals surface area contributed by atoms with Crippen LogP contribution in [0.25, 0.3) is 16.8 Å². The maximum atomic E-state index is 11.5. The van der Waals surface area contributed by atoms with Gasteiger partial charge in [-0.25, -0.2) is 4.98 Å². The molecular weight excluding hydrogens is 410 g/mol. The summed E-state index contributed by atoms with van der Waals surface area (Å²) in [5, 5.41) is 15.1. The van der Waals surface area contributed by atoms with Gasteiger partial charge in [0.2, 0.25) is 0 Å². The molecule has 2 aromatic carbocycles. The quantitative estimate of drug-likeness (QED) is 0.418. The number of nitriles is 1. The molecule has 0 aliphatic rings. The molecule has 0 bridgehead atoms. The number of rotatable bonds is 5. The van der Waals surface area contributed by atoms with Crippen molar-refractivity contribution in [1.29, 1.82) is 5.26 Å². The Kier molecular flexibility index (Phi) is 5.61. The summed E-state index contributed by atoms with van der Waals surface area (Å²) >= 11 is 4.83. The molecule has 0 saturated carbocycles. The molecule has 1 aromatic heterocycles. The lowest BCUT2D eigenvalue weighted by molar-refractivity contribution is 0.101. The van der Waals surface area contributed by atoms with Gasteiger partial charge in [-0.1, -0.05) is 40.2 Å². The first kappa shape index (κ1) is 18.1. The van der Waals surface area contributed by atoms with Gasteiger partial charge in [0.1, 0.15) is 16.6 Å². The van der Waals surface area contributed by atoms with E-state index in [0.29, 0.717) is 16.1 Å². The molecule has 128 valence electrons. The molecule has 0 atom stereocenters. The van der Waals surface area contributed by atoms with Gasteiger partial charge in [-0.2, -0.15) is 5.26 Å². The summed E-state index contributed by atoms with van der Waals surface area (Å²) in [6.07, 6.45) is 1.61. The Morgan fingerprint density at radius 1 is 1.27 bits per heavy atom. The van der Waals surface area contributed by atoms with E-state index in [1.807, 2.05) is 35.7 Å². The number of allylic oxidation sites excluding steroid dienone is 1. The Hall–Kier alpha value is -2.75. The van der Waals surface area contributed by atoms with Crippen LogP contribution in [0.1, 0.15) is 22.3 Å². The van der Waals surface area contributed by atoms with Crippen LogP contribution in [0.5, 0.6) is 0 Å².